The first-order valence-electron chi connectivity index (χ1n) is 1.47. The Hall–Kier alpha value is 1.20. The molecule has 6 heavy (non-hydrogen) atoms. The minimum absolute atomic E-state index is 0.300. The molecule has 0 aliphatic carbocycles. The van der Waals surface area contributed by atoms with Crippen LogP contribution in [0.5, 0.6) is 0 Å². The van der Waals surface area contributed by atoms with Gasteiger partial charge in [-0.1, -0.05) is 0 Å². The molecule has 0 saturated heterocycles. The average Bonchev–Trinajstić information content (AvgIpc) is 1.72. The van der Waals surface area contributed by atoms with Gasteiger partial charge in [-0.05, 0) is 0 Å². The fraction of sp³-hybridized carbons (Fsp3) is 1.00. The van der Waals surface area contributed by atoms with E-state index >= 15 is 0 Å². The van der Waals surface area contributed by atoms with Crippen molar-refractivity contribution in [3.63, 3.8) is 0 Å². The first kappa shape index (κ1) is 10.2. The molecular weight excluding hydrogens is 293 g/mol. The maximum atomic E-state index is 9.47. The summed E-state index contributed by atoms with van der Waals surface area (Å²) in [6.07, 6.45) is 0. The monoisotopic (exact) mass is 301 g/mol. The van der Waals surface area contributed by atoms with Gasteiger partial charge in [0.15, 0.2) is 0 Å². The third-order valence-electron chi connectivity index (χ3n) is 0.144. The van der Waals surface area contributed by atoms with Crippen LogP contribution in [0.3, 0.4) is 0 Å². The molecule has 0 aromatic rings. The second kappa shape index (κ2) is 16.4. The van der Waals surface area contributed by atoms with Crippen molar-refractivity contribution in [2.24, 2.45) is 0 Å². The quantitative estimate of drug-likeness (QED) is 0.638. The summed E-state index contributed by atoms with van der Waals surface area (Å²) in [5.41, 5.74) is 0. The van der Waals surface area contributed by atoms with Gasteiger partial charge in [0.05, 0.1) is 0 Å². The molecule has 0 heterocycles. The molecule has 2 nitrogen and oxygen atoms in total. The summed E-state index contributed by atoms with van der Waals surface area (Å²) < 4.78 is 18.7. The standard InChI is InChI=1S/C2H5.2O.2Sn/c1-2;;;;/h1H2,2H3;;;;. The van der Waals surface area contributed by atoms with Crippen molar-refractivity contribution in [3.8, 4) is 0 Å². The van der Waals surface area contributed by atoms with Gasteiger partial charge in [0.1, 0.15) is 0 Å². The Morgan fingerprint density at radius 2 is 1.83 bits per heavy atom. The summed E-state index contributed by atoms with van der Waals surface area (Å²) in [4.78, 5) is 0. The zero-order valence-electron chi connectivity index (χ0n) is 3.52. The summed E-state index contributed by atoms with van der Waals surface area (Å²) in [6, 6.07) is 0. The summed E-state index contributed by atoms with van der Waals surface area (Å²) in [5, 5.41) is 0. The van der Waals surface area contributed by atoms with E-state index in [0.29, 0.717) is 22.5 Å². The van der Waals surface area contributed by atoms with Crippen molar-refractivity contribution in [3.05, 3.63) is 0 Å². The van der Waals surface area contributed by atoms with Crippen molar-refractivity contribution in [2.45, 2.75) is 11.4 Å². The summed E-state index contributed by atoms with van der Waals surface area (Å²) in [7, 11) is 0. The Balaban J connectivity index is 0. The summed E-state index contributed by atoms with van der Waals surface area (Å²) in [6.45, 7) is 1.94. The van der Waals surface area contributed by atoms with Crippen LogP contribution in [-0.2, 0) is 6.15 Å². The van der Waals surface area contributed by atoms with Crippen LogP contribution in [0, 0.1) is 0 Å². The predicted octanol–water partition coefficient (Wildman–Crippen LogP) is -0.0253. The molecule has 0 aliphatic heterocycles. The van der Waals surface area contributed by atoms with Crippen LogP contribution in [0.15, 0.2) is 0 Å². The van der Waals surface area contributed by atoms with Crippen LogP contribution >= 0.6 is 0 Å². The van der Waals surface area contributed by atoms with Crippen molar-refractivity contribution in [2.75, 3.05) is 0 Å². The van der Waals surface area contributed by atoms with Gasteiger partial charge in [-0.3, -0.25) is 0 Å². The molecule has 0 unspecified atom stereocenters. The molecule has 0 aromatic carbocycles. The molecule has 0 N–H and O–H groups in total. The van der Waals surface area contributed by atoms with E-state index in [1.165, 1.54) is 0 Å². The van der Waals surface area contributed by atoms with Gasteiger partial charge in [-0.25, -0.2) is 0 Å². The maximum absolute atomic E-state index is 9.47. The molecule has 0 rings (SSSR count). The van der Waals surface area contributed by atoms with E-state index in [2.05, 4.69) is 0 Å². The molecule has 3 radical (unpaired) electrons. The number of rotatable bonds is 1. The second-order valence-corrected chi connectivity index (χ2v) is 3.34. The first-order chi connectivity index (χ1) is 2.91. The van der Waals surface area contributed by atoms with Gasteiger partial charge in [-0.2, -0.15) is 0 Å². The van der Waals surface area contributed by atoms with Crippen LogP contribution in [0.1, 0.15) is 6.92 Å². The van der Waals surface area contributed by atoms with E-state index in [-0.39, 0.29) is 0 Å². The van der Waals surface area contributed by atoms with E-state index in [0.717, 1.165) is 4.44 Å². The number of hydrogen-bond donors (Lipinski definition) is 0. The van der Waals surface area contributed by atoms with Crippen LogP contribution in [0.4, 0.5) is 0 Å². The molecule has 0 saturated carbocycles. The van der Waals surface area contributed by atoms with Crippen LogP contribution < -0.4 is 0 Å². The summed E-state index contributed by atoms with van der Waals surface area (Å²) in [5.74, 6) is 0. The Kier molecular flexibility index (Phi) is 27.9. The van der Waals surface area contributed by atoms with Crippen molar-refractivity contribution in [1.82, 2.24) is 0 Å². The molecular formula is C2H5O2Sn2. The van der Waals surface area contributed by atoms with E-state index < -0.39 is 21.1 Å². The van der Waals surface area contributed by atoms with Gasteiger partial charge in [-0.15, -0.1) is 0 Å². The van der Waals surface area contributed by atoms with Gasteiger partial charge in [0.2, 0.25) is 0 Å². The Morgan fingerprint density at radius 1 is 1.67 bits per heavy atom. The number of hydrogen-bond acceptors (Lipinski definition) is 2. The molecule has 33 valence electrons. The predicted molar refractivity (Wildman–Crippen MR) is 23.4 cm³/mol. The average molecular weight is 298 g/mol. The van der Waals surface area contributed by atoms with Crippen molar-refractivity contribution >= 4 is 43.6 Å². The van der Waals surface area contributed by atoms with Crippen molar-refractivity contribution in [1.29, 1.82) is 0 Å². The zero-order chi connectivity index (χ0) is 5.41. The topological polar surface area (TPSA) is 34.1 Å². The molecule has 0 spiro atoms. The van der Waals surface area contributed by atoms with E-state index in [9.17, 15) is 3.08 Å². The molecule has 0 amide bonds. The first-order valence-corrected chi connectivity index (χ1v) is 5.82. The van der Waals surface area contributed by atoms with Crippen LogP contribution in [0.25, 0.3) is 0 Å². The SMILES string of the molecule is C[CH2][Sn]=[O].[O]=[Sn]. The normalized spacial score (nSPS) is 4.83. The Labute approximate surface area is 60.8 Å². The van der Waals surface area contributed by atoms with Gasteiger partial charge >= 0.3 is 61.2 Å². The third-order valence-corrected chi connectivity index (χ3v) is 0.968. The van der Waals surface area contributed by atoms with Crippen LogP contribution in [-0.4, -0.2) is 43.6 Å². The van der Waals surface area contributed by atoms with E-state index in [1.807, 2.05) is 6.92 Å². The molecule has 0 aromatic heterocycles. The fourth-order valence-corrected chi connectivity index (χ4v) is 0. The molecule has 0 atom stereocenters. The second-order valence-electron chi connectivity index (χ2n) is 0.498. The van der Waals surface area contributed by atoms with Gasteiger partial charge in [0, 0.05) is 0 Å². The van der Waals surface area contributed by atoms with Crippen molar-refractivity contribution < 1.29 is 6.15 Å². The Morgan fingerprint density at radius 3 is 1.83 bits per heavy atom. The molecule has 0 bridgehead atoms. The van der Waals surface area contributed by atoms with Gasteiger partial charge < -0.3 is 0 Å². The minimum atomic E-state index is -1.03. The van der Waals surface area contributed by atoms with Gasteiger partial charge in [0.25, 0.3) is 0 Å². The molecule has 0 aliphatic rings. The van der Waals surface area contributed by atoms with E-state index in [4.69, 9.17) is 3.08 Å². The molecule has 0 fully saturated rings. The zero-order valence-corrected chi connectivity index (χ0v) is 9.23. The van der Waals surface area contributed by atoms with E-state index in [1.54, 1.807) is 0 Å². The van der Waals surface area contributed by atoms with Crippen LogP contribution in [0.2, 0.25) is 4.44 Å². The fourth-order valence-electron chi connectivity index (χ4n) is 0. The Bertz CT molecular complexity index is 30.7. The summed E-state index contributed by atoms with van der Waals surface area (Å²) >= 11 is -0.726. The molecule has 4 heteroatoms. The third kappa shape index (κ3) is 19.0.